The van der Waals surface area contributed by atoms with E-state index in [1.165, 1.54) is 11.9 Å². The number of aliphatic imine (C=N–C) groups is 1. The van der Waals surface area contributed by atoms with Crippen LogP contribution in [0.25, 0.3) is 0 Å². The number of carbonyl (C=O) groups is 2. The van der Waals surface area contributed by atoms with E-state index in [1.807, 2.05) is 0 Å². The van der Waals surface area contributed by atoms with Gasteiger partial charge in [0.2, 0.25) is 0 Å². The van der Waals surface area contributed by atoms with Crippen LogP contribution in [0.3, 0.4) is 0 Å². The molecular weight excluding hydrogens is 264 g/mol. The Morgan fingerprint density at radius 3 is 2.40 bits per heavy atom. The Bertz CT molecular complexity index is 370. The number of likely N-dealkylation sites (N-methyl/N-ethyl adjacent to an activating group) is 3. The van der Waals surface area contributed by atoms with Gasteiger partial charge in [0.1, 0.15) is 0 Å². The van der Waals surface area contributed by atoms with E-state index in [0.717, 1.165) is 4.90 Å². The van der Waals surface area contributed by atoms with E-state index in [4.69, 9.17) is 0 Å². The molecule has 0 aliphatic carbocycles. The summed E-state index contributed by atoms with van der Waals surface area (Å²) in [5.41, 5.74) is 0. The van der Waals surface area contributed by atoms with Gasteiger partial charge in [-0.1, -0.05) is 0 Å². The van der Waals surface area contributed by atoms with Crippen LogP contribution in [-0.2, 0) is 4.79 Å². The van der Waals surface area contributed by atoms with Gasteiger partial charge in [0.05, 0.1) is 0 Å². The van der Waals surface area contributed by atoms with Crippen molar-refractivity contribution < 1.29 is 9.59 Å². The number of rotatable bonds is 0. The normalized spacial score (nSPS) is 30.9. The SMILES string of the molecule is CN1C(=O)[C@H]2[C@@H](N=C(Br)N2C)N(C)C1=O. The number of amides is 3. The van der Waals surface area contributed by atoms with Gasteiger partial charge in [-0.15, -0.1) is 0 Å². The third-order valence-electron chi connectivity index (χ3n) is 2.80. The number of imide groups is 1. The van der Waals surface area contributed by atoms with Crippen LogP contribution >= 0.6 is 15.9 Å². The van der Waals surface area contributed by atoms with Gasteiger partial charge in [0.15, 0.2) is 17.0 Å². The smallest absolute Gasteiger partial charge is 0.328 e. The summed E-state index contributed by atoms with van der Waals surface area (Å²) in [5.74, 6) is -0.219. The largest absolute Gasteiger partial charge is 0.338 e. The number of hydrogen-bond acceptors (Lipinski definition) is 4. The Kier molecular flexibility index (Phi) is 2.22. The molecule has 7 heteroatoms. The lowest BCUT2D eigenvalue weighted by atomic mass is 10.1. The molecule has 0 aromatic carbocycles. The molecule has 1 fully saturated rings. The third-order valence-corrected chi connectivity index (χ3v) is 3.56. The molecular formula is C8H11BrN4O2. The van der Waals surface area contributed by atoms with Gasteiger partial charge in [-0.05, 0) is 15.9 Å². The molecule has 15 heavy (non-hydrogen) atoms. The lowest BCUT2D eigenvalue weighted by Gasteiger charge is -2.38. The molecule has 0 unspecified atom stereocenters. The number of fused-ring (bicyclic) bond motifs is 1. The fourth-order valence-electron chi connectivity index (χ4n) is 1.82. The van der Waals surface area contributed by atoms with Gasteiger partial charge in [-0.25, -0.2) is 9.79 Å². The minimum absolute atomic E-state index is 0.219. The van der Waals surface area contributed by atoms with E-state index in [1.54, 1.807) is 19.0 Å². The number of amidine groups is 1. The summed E-state index contributed by atoms with van der Waals surface area (Å²) in [7, 11) is 4.90. The molecule has 82 valence electrons. The summed E-state index contributed by atoms with van der Waals surface area (Å²) in [6.07, 6.45) is -0.416. The zero-order chi connectivity index (χ0) is 11.3. The van der Waals surface area contributed by atoms with Crippen LogP contribution in [0.5, 0.6) is 0 Å². The molecule has 0 aromatic heterocycles. The summed E-state index contributed by atoms with van der Waals surface area (Å²) in [6.45, 7) is 0. The number of hydrogen-bond donors (Lipinski definition) is 0. The van der Waals surface area contributed by atoms with Crippen molar-refractivity contribution in [1.29, 1.82) is 0 Å². The Morgan fingerprint density at radius 1 is 1.20 bits per heavy atom. The minimum Gasteiger partial charge on any atom is -0.338 e. The summed E-state index contributed by atoms with van der Waals surface area (Å²) in [4.78, 5) is 32.0. The van der Waals surface area contributed by atoms with Crippen molar-refractivity contribution in [3.05, 3.63) is 0 Å². The summed E-state index contributed by atoms with van der Waals surface area (Å²) in [5, 5.41) is 0. The Hall–Kier alpha value is -1.11. The van der Waals surface area contributed by atoms with Crippen LogP contribution in [0.15, 0.2) is 4.99 Å². The van der Waals surface area contributed by atoms with Gasteiger partial charge in [0, 0.05) is 21.1 Å². The second kappa shape index (κ2) is 3.19. The van der Waals surface area contributed by atoms with Gasteiger partial charge in [-0.2, -0.15) is 0 Å². The molecule has 2 aliphatic rings. The average Bonchev–Trinajstić information content (AvgIpc) is 2.50. The molecule has 0 bridgehead atoms. The number of halogens is 1. The summed E-state index contributed by atoms with van der Waals surface area (Å²) < 4.78 is 0.598. The monoisotopic (exact) mass is 274 g/mol. The maximum Gasteiger partial charge on any atom is 0.328 e. The lowest BCUT2D eigenvalue weighted by molar-refractivity contribution is -0.135. The van der Waals surface area contributed by atoms with Gasteiger partial charge in [0.25, 0.3) is 5.91 Å². The highest BCUT2D eigenvalue weighted by Crippen LogP contribution is 2.27. The first-order chi connectivity index (χ1) is 6.95. The molecule has 2 rings (SSSR count). The zero-order valence-electron chi connectivity index (χ0n) is 8.64. The van der Waals surface area contributed by atoms with E-state index in [-0.39, 0.29) is 11.9 Å². The maximum atomic E-state index is 11.9. The van der Waals surface area contributed by atoms with Crippen molar-refractivity contribution in [3.8, 4) is 0 Å². The first kappa shape index (κ1) is 10.4. The second-order valence-corrected chi connectivity index (χ2v) is 4.37. The first-order valence-corrected chi connectivity index (χ1v) is 5.25. The number of carbonyl (C=O) groups excluding carboxylic acids is 2. The maximum absolute atomic E-state index is 11.9. The van der Waals surface area contributed by atoms with Crippen LogP contribution in [0, 0.1) is 0 Å². The van der Waals surface area contributed by atoms with Crippen LogP contribution in [-0.4, -0.2) is 64.7 Å². The molecule has 2 aliphatic heterocycles. The minimum atomic E-state index is -0.416. The summed E-state index contributed by atoms with van der Waals surface area (Å²) >= 11 is 3.26. The second-order valence-electron chi connectivity index (χ2n) is 3.66. The predicted molar refractivity (Wildman–Crippen MR) is 57.6 cm³/mol. The van der Waals surface area contributed by atoms with E-state index >= 15 is 0 Å². The Morgan fingerprint density at radius 2 is 1.80 bits per heavy atom. The van der Waals surface area contributed by atoms with Crippen LogP contribution < -0.4 is 0 Å². The van der Waals surface area contributed by atoms with Crippen molar-refractivity contribution in [2.24, 2.45) is 4.99 Å². The van der Waals surface area contributed by atoms with E-state index < -0.39 is 12.2 Å². The van der Waals surface area contributed by atoms with E-state index in [2.05, 4.69) is 20.9 Å². The Balaban J connectivity index is 2.39. The number of nitrogens with zero attached hydrogens (tertiary/aromatic N) is 4. The third kappa shape index (κ3) is 1.26. The van der Waals surface area contributed by atoms with Crippen LogP contribution in [0.4, 0.5) is 4.79 Å². The lowest BCUT2D eigenvalue weighted by Crippen LogP contribution is -2.63. The predicted octanol–water partition coefficient (Wildman–Crippen LogP) is -0.0988. The van der Waals surface area contributed by atoms with Crippen molar-refractivity contribution in [2.75, 3.05) is 21.1 Å². The van der Waals surface area contributed by atoms with Crippen molar-refractivity contribution in [3.63, 3.8) is 0 Å². The molecule has 0 N–H and O–H groups in total. The molecule has 2 heterocycles. The molecule has 3 amide bonds. The standard InChI is InChI=1S/C8H11BrN4O2/c1-11-4-5(10-7(11)9)12(2)8(15)13(3)6(4)14/h4-5H,1-3H3/t4-,5+/m1/s1. The molecule has 0 spiro atoms. The van der Waals surface area contributed by atoms with E-state index in [9.17, 15) is 9.59 Å². The fourth-order valence-corrected chi connectivity index (χ4v) is 2.25. The molecule has 0 radical (unpaired) electrons. The van der Waals surface area contributed by atoms with Crippen LogP contribution in [0.2, 0.25) is 0 Å². The molecule has 6 nitrogen and oxygen atoms in total. The van der Waals surface area contributed by atoms with Gasteiger partial charge in [-0.3, -0.25) is 9.69 Å². The van der Waals surface area contributed by atoms with Gasteiger partial charge < -0.3 is 9.80 Å². The van der Waals surface area contributed by atoms with Gasteiger partial charge >= 0.3 is 6.03 Å². The quantitative estimate of drug-likeness (QED) is 0.580. The molecule has 2 atom stereocenters. The Labute approximate surface area is 95.6 Å². The molecule has 1 saturated heterocycles. The van der Waals surface area contributed by atoms with Crippen LogP contribution in [0.1, 0.15) is 0 Å². The zero-order valence-corrected chi connectivity index (χ0v) is 10.2. The molecule has 0 aromatic rings. The number of urea groups is 1. The van der Waals surface area contributed by atoms with Crippen molar-refractivity contribution >= 4 is 32.6 Å². The summed E-state index contributed by atoms with van der Waals surface area (Å²) in [6, 6.07) is -0.729. The van der Waals surface area contributed by atoms with E-state index in [0.29, 0.717) is 4.74 Å². The average molecular weight is 275 g/mol. The highest BCUT2D eigenvalue weighted by Gasteiger charge is 2.49. The van der Waals surface area contributed by atoms with Crippen molar-refractivity contribution in [1.82, 2.24) is 14.7 Å². The highest BCUT2D eigenvalue weighted by molar-refractivity contribution is 9.18. The first-order valence-electron chi connectivity index (χ1n) is 4.45. The topological polar surface area (TPSA) is 56.2 Å². The highest BCUT2D eigenvalue weighted by atomic mass is 79.9. The van der Waals surface area contributed by atoms with Crippen molar-refractivity contribution in [2.45, 2.75) is 12.2 Å². The fraction of sp³-hybridized carbons (Fsp3) is 0.625. The molecule has 0 saturated carbocycles.